The van der Waals surface area contributed by atoms with E-state index in [4.69, 9.17) is 17.0 Å². The van der Waals surface area contributed by atoms with Crippen LogP contribution in [0.15, 0.2) is 72.8 Å². The summed E-state index contributed by atoms with van der Waals surface area (Å²) in [5.41, 5.74) is 0. The van der Waals surface area contributed by atoms with Gasteiger partial charge in [0.05, 0.1) is 0 Å². The first-order chi connectivity index (χ1) is 8.88. The fourth-order valence-corrected chi connectivity index (χ4v) is 1.41. The second-order valence-corrected chi connectivity index (χ2v) is 7.04. The molecule has 0 aliphatic rings. The summed E-state index contributed by atoms with van der Waals surface area (Å²) in [6, 6.07) is 27.2. The Morgan fingerprint density at radius 2 is 1.50 bits per heavy atom. The molecule has 0 spiro atoms. The van der Waals surface area contributed by atoms with Gasteiger partial charge in [0, 0.05) is 11.0 Å². The molecule has 0 saturated heterocycles. The van der Waals surface area contributed by atoms with Gasteiger partial charge in [-0.25, -0.2) is 0 Å². The van der Waals surface area contributed by atoms with Gasteiger partial charge in [-0.15, -0.1) is 29.7 Å². The molecule has 0 nitrogen and oxygen atoms in total. The van der Waals surface area contributed by atoms with Gasteiger partial charge in [-0.2, -0.15) is 53.9 Å². The van der Waals surface area contributed by atoms with Crippen LogP contribution >= 0.6 is 17.0 Å². The molecule has 4 radical (unpaired) electrons. The van der Waals surface area contributed by atoms with E-state index < -0.39 is 20.8 Å². The van der Waals surface area contributed by atoms with Crippen molar-refractivity contribution >= 4 is 38.8 Å². The van der Waals surface area contributed by atoms with Crippen molar-refractivity contribution in [2.45, 2.75) is 0 Å². The molecule has 3 aromatic carbocycles. The fraction of sp³-hybridized carbons (Fsp3) is 0. The molecule has 0 fully saturated rings. The average Bonchev–Trinajstić information content (AvgIpc) is 2.91. The van der Waals surface area contributed by atoms with E-state index in [1.54, 1.807) is 0 Å². The quantitative estimate of drug-likeness (QED) is 0.347. The summed E-state index contributed by atoms with van der Waals surface area (Å²) >= 11 is -0.826. The van der Waals surface area contributed by atoms with Crippen LogP contribution in [0.4, 0.5) is 0 Å². The Morgan fingerprint density at radius 3 is 1.95 bits per heavy atom. The van der Waals surface area contributed by atoms with Gasteiger partial charge in [-0.3, -0.25) is 0 Å². The summed E-state index contributed by atoms with van der Waals surface area (Å²) < 4.78 is 0. The van der Waals surface area contributed by atoms with E-state index in [2.05, 4.69) is 48.5 Å². The molecule has 0 heterocycles. The summed E-state index contributed by atoms with van der Waals surface area (Å²) in [6.45, 7) is 0. The summed E-state index contributed by atoms with van der Waals surface area (Å²) in [5.74, 6) is 0. The zero-order chi connectivity index (χ0) is 13.1. The molecular weight excluding hydrogens is 382 g/mol. The third-order valence-electron chi connectivity index (χ3n) is 2.15. The first-order valence-corrected chi connectivity index (χ1v) is 11.7. The summed E-state index contributed by atoms with van der Waals surface area (Å²) in [4.78, 5) is 0. The van der Waals surface area contributed by atoms with Crippen LogP contribution in [-0.2, 0) is 20.8 Å². The molecule has 0 unspecified atom stereocenters. The molecule has 4 heteroatoms. The summed E-state index contributed by atoms with van der Waals surface area (Å²) in [5, 5.41) is 2.66. The van der Waals surface area contributed by atoms with Crippen molar-refractivity contribution in [2.75, 3.05) is 0 Å². The standard InChI is InChI=1S/C9H7.C6H5.CH3.2ClH.Si.Zr/c1-2-5-9-7-3-6-8(9)4-1;1-2-4-6-5-3-1;;;;;/h1-7H;1-5H;1H3;2*1H;;/q3*-1;;;;+2/p-2. The minimum Gasteiger partial charge on any atom is -0.184 e. The third-order valence-corrected chi connectivity index (χ3v) is 2.15. The zero-order valence-corrected chi connectivity index (χ0v) is 16.2. The van der Waals surface area contributed by atoms with E-state index in [0.717, 1.165) is 0 Å². The Kier molecular flexibility index (Phi) is 16.7. The molecule has 104 valence electrons. The van der Waals surface area contributed by atoms with Crippen LogP contribution in [0, 0.1) is 13.5 Å². The topological polar surface area (TPSA) is 0 Å². The molecule has 0 bridgehead atoms. The Labute approximate surface area is 145 Å². The van der Waals surface area contributed by atoms with Crippen molar-refractivity contribution in [3.63, 3.8) is 0 Å². The second-order valence-electron chi connectivity index (χ2n) is 3.30. The molecule has 0 aliphatic heterocycles. The number of hydrogen-bond acceptors (Lipinski definition) is 0. The first-order valence-electron chi connectivity index (χ1n) is 5.36. The Balaban J connectivity index is 0. The molecule has 0 aromatic heterocycles. The minimum absolute atomic E-state index is 0. The number of benzene rings is 2. The number of hydrogen-bond donors (Lipinski definition) is 0. The van der Waals surface area contributed by atoms with E-state index >= 15 is 0 Å². The van der Waals surface area contributed by atoms with Gasteiger partial charge in [0.25, 0.3) is 0 Å². The van der Waals surface area contributed by atoms with Gasteiger partial charge in [-0.05, 0) is 0 Å². The van der Waals surface area contributed by atoms with Crippen LogP contribution in [0.25, 0.3) is 10.8 Å². The van der Waals surface area contributed by atoms with Gasteiger partial charge >= 0.3 is 37.9 Å². The van der Waals surface area contributed by atoms with Gasteiger partial charge in [0.15, 0.2) is 0 Å². The maximum absolute atomic E-state index is 4.93. The zero-order valence-electron chi connectivity index (χ0n) is 11.2. The maximum Gasteiger partial charge on any atom is 0 e. The molecule has 0 atom stereocenters. The Morgan fingerprint density at radius 1 is 0.900 bits per heavy atom. The van der Waals surface area contributed by atoms with E-state index in [1.165, 1.54) is 10.8 Å². The van der Waals surface area contributed by atoms with Crippen molar-refractivity contribution in [3.05, 3.63) is 86.3 Å². The second kappa shape index (κ2) is 15.1. The fourth-order valence-electron chi connectivity index (χ4n) is 1.41. The largest absolute Gasteiger partial charge is 0.184 e. The third kappa shape index (κ3) is 9.61. The van der Waals surface area contributed by atoms with Crippen LogP contribution in [0.3, 0.4) is 0 Å². The predicted octanol–water partition coefficient (Wildman–Crippen LogP) is 5.49. The normalized spacial score (nSPS) is 7.70. The Bertz CT molecular complexity index is 469. The molecule has 20 heavy (non-hydrogen) atoms. The molecule has 0 amide bonds. The smallest absolute Gasteiger partial charge is 0 e. The van der Waals surface area contributed by atoms with Crippen molar-refractivity contribution in [2.24, 2.45) is 0 Å². The van der Waals surface area contributed by atoms with E-state index in [9.17, 15) is 0 Å². The molecule has 3 rings (SSSR count). The van der Waals surface area contributed by atoms with Crippen LogP contribution in [-0.4, -0.2) is 11.0 Å². The SMILES string of the molecule is [CH3-].[Cl][Zr][Cl].[Si].[c-]1ccccc1.c1ccc2[cH-]ccc2c1. The van der Waals surface area contributed by atoms with Crippen LogP contribution in [0.5, 0.6) is 0 Å². The van der Waals surface area contributed by atoms with Crippen molar-refractivity contribution in [3.8, 4) is 0 Å². The van der Waals surface area contributed by atoms with Crippen molar-refractivity contribution in [1.29, 1.82) is 0 Å². The monoisotopic (exact) mass is 395 g/mol. The number of fused-ring (bicyclic) bond motifs is 1. The average molecular weight is 398 g/mol. The molecule has 0 aliphatic carbocycles. The van der Waals surface area contributed by atoms with Crippen LogP contribution < -0.4 is 0 Å². The van der Waals surface area contributed by atoms with Gasteiger partial charge in [0.2, 0.25) is 0 Å². The summed E-state index contributed by atoms with van der Waals surface area (Å²) in [6.07, 6.45) is 0. The van der Waals surface area contributed by atoms with Crippen LogP contribution in [0.2, 0.25) is 0 Å². The van der Waals surface area contributed by atoms with Gasteiger partial charge < -0.3 is 7.43 Å². The molecular formula is C16H15Cl2SiZr-3. The Hall–Kier alpha value is -0.270. The first kappa shape index (κ1) is 22.0. The predicted molar refractivity (Wildman–Crippen MR) is 88.7 cm³/mol. The minimum atomic E-state index is -0.826. The molecule has 0 N–H and O–H groups in total. The van der Waals surface area contributed by atoms with E-state index in [1.807, 2.05) is 30.3 Å². The van der Waals surface area contributed by atoms with Gasteiger partial charge in [-0.1, -0.05) is 6.07 Å². The van der Waals surface area contributed by atoms with E-state index in [-0.39, 0.29) is 18.4 Å². The number of rotatable bonds is 0. The molecule has 3 aromatic rings. The maximum atomic E-state index is 4.93. The van der Waals surface area contributed by atoms with Crippen molar-refractivity contribution < 1.29 is 20.8 Å². The summed E-state index contributed by atoms with van der Waals surface area (Å²) in [7, 11) is 9.87. The molecule has 0 saturated carbocycles. The van der Waals surface area contributed by atoms with Crippen LogP contribution in [0.1, 0.15) is 0 Å². The number of halogens is 2. The van der Waals surface area contributed by atoms with Crippen molar-refractivity contribution in [1.82, 2.24) is 0 Å². The van der Waals surface area contributed by atoms with E-state index in [0.29, 0.717) is 0 Å². The van der Waals surface area contributed by atoms with Gasteiger partial charge in [0.1, 0.15) is 0 Å².